The van der Waals surface area contributed by atoms with E-state index in [4.69, 9.17) is 11.6 Å². The van der Waals surface area contributed by atoms with Crippen LogP contribution in [0.25, 0.3) is 0 Å². The Morgan fingerprint density at radius 1 is 1.38 bits per heavy atom. The summed E-state index contributed by atoms with van der Waals surface area (Å²) < 4.78 is 3.14. The number of halogens is 2. The minimum Gasteiger partial charge on any atom is -0.370 e. The molecule has 1 unspecified atom stereocenters. The van der Waals surface area contributed by atoms with Crippen LogP contribution in [0.1, 0.15) is 16.7 Å². The van der Waals surface area contributed by atoms with Gasteiger partial charge in [0.1, 0.15) is 11.9 Å². The van der Waals surface area contributed by atoms with Gasteiger partial charge in [-0.15, -0.1) is 11.3 Å². The minimum absolute atomic E-state index is 0.0115. The molecule has 21 heavy (non-hydrogen) atoms. The van der Waals surface area contributed by atoms with Crippen molar-refractivity contribution in [1.82, 2.24) is 9.55 Å². The molecule has 0 fully saturated rings. The molecule has 0 bridgehead atoms. The Kier molecular flexibility index (Phi) is 4.51. The number of thiophene rings is 1. The predicted molar refractivity (Wildman–Crippen MR) is 97.2 cm³/mol. The highest BCUT2D eigenvalue weighted by atomic mass is 127. The summed E-state index contributed by atoms with van der Waals surface area (Å²) in [5, 5.41) is 6.30. The molecule has 6 heteroatoms. The third-order valence-corrected chi connectivity index (χ3v) is 5.10. The molecule has 2 aromatic heterocycles. The van der Waals surface area contributed by atoms with Crippen LogP contribution in [-0.2, 0) is 7.05 Å². The van der Waals surface area contributed by atoms with E-state index in [9.17, 15) is 0 Å². The lowest BCUT2D eigenvalue weighted by Crippen LogP contribution is -2.15. The molecule has 0 radical (unpaired) electrons. The van der Waals surface area contributed by atoms with Crippen LogP contribution in [0.3, 0.4) is 0 Å². The van der Waals surface area contributed by atoms with Crippen LogP contribution >= 0.6 is 45.5 Å². The normalized spacial score (nSPS) is 12.3. The van der Waals surface area contributed by atoms with Crippen LogP contribution in [-0.4, -0.2) is 9.55 Å². The summed E-state index contributed by atoms with van der Waals surface area (Å²) in [6.45, 7) is 0. The van der Waals surface area contributed by atoms with Gasteiger partial charge in [-0.3, -0.25) is 0 Å². The second-order valence-corrected chi connectivity index (χ2v) is 7.25. The Balaban J connectivity index is 1.99. The molecular formula is C15H13ClIN3S. The van der Waals surface area contributed by atoms with Crippen LogP contribution < -0.4 is 5.32 Å². The first-order valence-electron chi connectivity index (χ1n) is 6.37. The SMILES string of the molecule is Cn1ccnc1C(Nc1ccc(I)cc1Cl)c1cccs1. The van der Waals surface area contributed by atoms with Crippen LogP contribution in [0.2, 0.25) is 5.02 Å². The Morgan fingerprint density at radius 2 is 2.24 bits per heavy atom. The van der Waals surface area contributed by atoms with Crippen molar-refractivity contribution in [3.63, 3.8) is 0 Å². The molecule has 1 N–H and O–H groups in total. The zero-order valence-corrected chi connectivity index (χ0v) is 15.0. The first-order valence-corrected chi connectivity index (χ1v) is 8.71. The van der Waals surface area contributed by atoms with E-state index in [-0.39, 0.29) is 6.04 Å². The molecule has 0 saturated heterocycles. The number of rotatable bonds is 4. The van der Waals surface area contributed by atoms with Gasteiger partial charge >= 0.3 is 0 Å². The topological polar surface area (TPSA) is 29.9 Å². The summed E-state index contributed by atoms with van der Waals surface area (Å²) in [5.41, 5.74) is 0.915. The lowest BCUT2D eigenvalue weighted by atomic mass is 10.2. The average Bonchev–Trinajstić information content (AvgIpc) is 3.10. The number of aryl methyl sites for hydroxylation is 1. The van der Waals surface area contributed by atoms with E-state index in [1.165, 1.54) is 4.88 Å². The molecule has 1 aromatic carbocycles. The number of imidazole rings is 1. The van der Waals surface area contributed by atoms with Crippen molar-refractivity contribution >= 4 is 51.2 Å². The molecule has 3 nitrogen and oxygen atoms in total. The molecule has 0 saturated carbocycles. The van der Waals surface area contributed by atoms with E-state index in [1.54, 1.807) is 11.3 Å². The molecule has 0 amide bonds. The minimum atomic E-state index is -0.0115. The van der Waals surface area contributed by atoms with E-state index in [0.717, 1.165) is 20.1 Å². The van der Waals surface area contributed by atoms with E-state index < -0.39 is 0 Å². The van der Waals surface area contributed by atoms with E-state index in [1.807, 2.05) is 48.3 Å². The molecule has 108 valence electrons. The highest BCUT2D eigenvalue weighted by Crippen LogP contribution is 2.32. The van der Waals surface area contributed by atoms with Crippen LogP contribution in [0.4, 0.5) is 5.69 Å². The van der Waals surface area contributed by atoms with Crippen molar-refractivity contribution in [2.45, 2.75) is 6.04 Å². The zero-order valence-electron chi connectivity index (χ0n) is 11.3. The summed E-state index contributed by atoms with van der Waals surface area (Å²) in [4.78, 5) is 5.69. The second-order valence-electron chi connectivity index (χ2n) is 4.61. The largest absolute Gasteiger partial charge is 0.370 e. The van der Waals surface area contributed by atoms with Crippen molar-refractivity contribution in [3.8, 4) is 0 Å². The van der Waals surface area contributed by atoms with E-state index >= 15 is 0 Å². The summed E-state index contributed by atoms with van der Waals surface area (Å²) in [7, 11) is 2.00. The fourth-order valence-electron chi connectivity index (χ4n) is 2.14. The summed E-state index contributed by atoms with van der Waals surface area (Å²) in [6, 6.07) is 10.1. The van der Waals surface area contributed by atoms with Crippen molar-refractivity contribution in [2.24, 2.45) is 7.05 Å². The van der Waals surface area contributed by atoms with Crippen LogP contribution in [0.15, 0.2) is 48.1 Å². The molecule has 0 aliphatic carbocycles. The highest BCUT2D eigenvalue weighted by Gasteiger charge is 2.20. The summed E-state index contributed by atoms with van der Waals surface area (Å²) in [5.74, 6) is 0.965. The summed E-state index contributed by atoms with van der Waals surface area (Å²) in [6.07, 6.45) is 3.76. The zero-order chi connectivity index (χ0) is 14.8. The Bertz CT molecular complexity index is 739. The molecule has 0 spiro atoms. The first kappa shape index (κ1) is 14.9. The lowest BCUT2D eigenvalue weighted by Gasteiger charge is -2.19. The Morgan fingerprint density at radius 3 is 2.86 bits per heavy atom. The van der Waals surface area contributed by atoms with Crippen LogP contribution in [0.5, 0.6) is 0 Å². The smallest absolute Gasteiger partial charge is 0.136 e. The van der Waals surface area contributed by atoms with Crippen molar-refractivity contribution < 1.29 is 0 Å². The Hall–Kier alpha value is -1.05. The number of hydrogen-bond donors (Lipinski definition) is 1. The number of nitrogens with one attached hydrogen (secondary N) is 1. The fourth-order valence-corrected chi connectivity index (χ4v) is 3.82. The van der Waals surface area contributed by atoms with Crippen molar-refractivity contribution in [3.05, 3.63) is 67.4 Å². The van der Waals surface area contributed by atoms with Gasteiger partial charge in [0.2, 0.25) is 0 Å². The van der Waals surface area contributed by atoms with Gasteiger partial charge < -0.3 is 9.88 Å². The second kappa shape index (κ2) is 6.37. The highest BCUT2D eigenvalue weighted by molar-refractivity contribution is 14.1. The number of aromatic nitrogens is 2. The molecule has 3 aromatic rings. The standard InChI is InChI=1S/C15H13ClIN3S/c1-20-7-6-18-15(20)14(13-3-2-8-21-13)19-12-5-4-10(17)9-11(12)16/h2-9,14,19H,1H3. The number of nitrogens with zero attached hydrogens (tertiary/aromatic N) is 2. The summed E-state index contributed by atoms with van der Waals surface area (Å²) >= 11 is 10.3. The lowest BCUT2D eigenvalue weighted by molar-refractivity contribution is 0.756. The molecule has 0 aliphatic heterocycles. The third kappa shape index (κ3) is 3.25. The maximum Gasteiger partial charge on any atom is 0.136 e. The monoisotopic (exact) mass is 429 g/mol. The number of hydrogen-bond acceptors (Lipinski definition) is 3. The van der Waals surface area contributed by atoms with Crippen molar-refractivity contribution in [1.29, 1.82) is 0 Å². The maximum atomic E-state index is 6.35. The van der Waals surface area contributed by atoms with Gasteiger partial charge in [-0.25, -0.2) is 4.98 Å². The predicted octanol–water partition coefficient (Wildman–Crippen LogP) is 4.94. The maximum absolute atomic E-state index is 6.35. The quantitative estimate of drug-likeness (QED) is 0.595. The van der Waals surface area contributed by atoms with Gasteiger partial charge in [0, 0.05) is 27.9 Å². The molecule has 2 heterocycles. The fraction of sp³-hybridized carbons (Fsp3) is 0.133. The molecule has 3 rings (SSSR count). The number of anilines is 1. The molecule has 1 atom stereocenters. The van der Waals surface area contributed by atoms with Gasteiger partial charge in [-0.1, -0.05) is 17.7 Å². The Labute approximate surface area is 146 Å². The van der Waals surface area contributed by atoms with E-state index in [2.05, 4.69) is 44.3 Å². The van der Waals surface area contributed by atoms with Crippen LogP contribution in [0, 0.1) is 3.57 Å². The van der Waals surface area contributed by atoms with Gasteiger partial charge in [0.25, 0.3) is 0 Å². The number of benzene rings is 1. The average molecular weight is 430 g/mol. The van der Waals surface area contributed by atoms with E-state index in [0.29, 0.717) is 0 Å². The van der Waals surface area contributed by atoms with Gasteiger partial charge in [-0.05, 0) is 52.2 Å². The molecular weight excluding hydrogens is 417 g/mol. The first-order chi connectivity index (χ1) is 10.1. The van der Waals surface area contributed by atoms with Gasteiger partial charge in [0.05, 0.1) is 10.7 Å². The van der Waals surface area contributed by atoms with Gasteiger partial charge in [0.15, 0.2) is 0 Å². The third-order valence-electron chi connectivity index (χ3n) is 3.18. The molecule has 0 aliphatic rings. The van der Waals surface area contributed by atoms with Crippen molar-refractivity contribution in [2.75, 3.05) is 5.32 Å². The van der Waals surface area contributed by atoms with Gasteiger partial charge in [-0.2, -0.15) is 0 Å².